The Kier molecular flexibility index (Phi) is 8.11. The molecule has 1 aliphatic heterocycles. The number of anilines is 2. The highest BCUT2D eigenvalue weighted by molar-refractivity contribution is 7.90. The molecule has 4 heterocycles. The first-order valence-corrected chi connectivity index (χ1v) is 16.4. The second-order valence-corrected chi connectivity index (χ2v) is 13.0. The van der Waals surface area contributed by atoms with Crippen molar-refractivity contribution < 1.29 is 31.4 Å². The molecule has 240 valence electrons. The maximum Gasteiger partial charge on any atom is 0.249 e. The van der Waals surface area contributed by atoms with Crippen molar-refractivity contribution in [2.75, 3.05) is 37.3 Å². The standard InChI is InChI=1S/C32H32F2N6O5S/c1-6-20-23(33)10-9-18-12-19(44-15-43-4)13-22(24(18)20)27-26(34)28-25-30(39-32(38-28)46(5,41)42)40(14-16(2)45-31(25)37-27)17(3)21-8-7-11-36-29(21)35/h7-13,16-17H,6,14-15H2,1-5H3,(H2,35,36)/t16-,17?/m0/s1. The molecule has 0 amide bonds. The summed E-state index contributed by atoms with van der Waals surface area (Å²) in [6, 6.07) is 9.23. The summed E-state index contributed by atoms with van der Waals surface area (Å²) in [4.78, 5) is 19.3. The second kappa shape index (κ2) is 11.9. The van der Waals surface area contributed by atoms with Crippen LogP contribution in [0, 0.1) is 11.6 Å². The average Bonchev–Trinajstić information content (AvgIpc) is 3.16. The number of hydrogen-bond acceptors (Lipinski definition) is 11. The van der Waals surface area contributed by atoms with E-state index in [0.717, 1.165) is 6.26 Å². The summed E-state index contributed by atoms with van der Waals surface area (Å²) in [6.07, 6.45) is 2.29. The molecule has 5 aromatic rings. The first-order chi connectivity index (χ1) is 21.9. The molecule has 2 aromatic carbocycles. The van der Waals surface area contributed by atoms with Gasteiger partial charge in [-0.1, -0.05) is 19.1 Å². The molecule has 0 bridgehead atoms. The molecule has 1 unspecified atom stereocenters. The lowest BCUT2D eigenvalue weighted by Gasteiger charge is -2.31. The minimum absolute atomic E-state index is 0.00590. The van der Waals surface area contributed by atoms with Crippen LogP contribution in [0.4, 0.5) is 20.4 Å². The molecule has 1 aliphatic rings. The minimum Gasteiger partial charge on any atom is -0.472 e. The van der Waals surface area contributed by atoms with Crippen LogP contribution in [0.15, 0.2) is 47.8 Å². The predicted octanol–water partition coefficient (Wildman–Crippen LogP) is 5.40. The van der Waals surface area contributed by atoms with E-state index in [4.69, 9.17) is 19.9 Å². The van der Waals surface area contributed by atoms with Crippen molar-refractivity contribution in [1.82, 2.24) is 19.9 Å². The largest absolute Gasteiger partial charge is 0.472 e. The number of methoxy groups -OCH3 is 1. The van der Waals surface area contributed by atoms with E-state index in [1.807, 2.05) is 6.92 Å². The number of nitrogens with two attached hydrogens (primary N) is 1. The number of nitrogens with zero attached hydrogens (tertiary/aromatic N) is 5. The van der Waals surface area contributed by atoms with Crippen LogP contribution in [0.2, 0.25) is 0 Å². The molecular formula is C32H32F2N6O5S. The van der Waals surface area contributed by atoms with E-state index in [-0.39, 0.29) is 53.0 Å². The zero-order valence-corrected chi connectivity index (χ0v) is 26.7. The van der Waals surface area contributed by atoms with Gasteiger partial charge in [-0.2, -0.15) is 0 Å². The molecule has 6 rings (SSSR count). The Morgan fingerprint density at radius 1 is 1.15 bits per heavy atom. The summed E-state index contributed by atoms with van der Waals surface area (Å²) >= 11 is 0. The lowest BCUT2D eigenvalue weighted by atomic mass is 9.94. The number of aryl methyl sites for hydroxylation is 1. The summed E-state index contributed by atoms with van der Waals surface area (Å²) in [5, 5.41) is 0.514. The van der Waals surface area contributed by atoms with E-state index in [0.29, 0.717) is 34.1 Å². The molecule has 3 aromatic heterocycles. The monoisotopic (exact) mass is 650 g/mol. The van der Waals surface area contributed by atoms with Gasteiger partial charge < -0.3 is 24.8 Å². The van der Waals surface area contributed by atoms with Crippen LogP contribution in [0.5, 0.6) is 11.6 Å². The number of ether oxygens (including phenoxy) is 3. The molecule has 0 fully saturated rings. The lowest BCUT2D eigenvalue weighted by Crippen LogP contribution is -2.35. The molecule has 14 heteroatoms. The van der Waals surface area contributed by atoms with E-state index >= 15 is 8.78 Å². The van der Waals surface area contributed by atoms with Crippen LogP contribution >= 0.6 is 0 Å². The van der Waals surface area contributed by atoms with Crippen molar-refractivity contribution in [3.8, 4) is 22.9 Å². The number of sulfone groups is 1. The third-order valence-electron chi connectivity index (χ3n) is 7.97. The van der Waals surface area contributed by atoms with Crippen molar-refractivity contribution >= 4 is 43.1 Å². The minimum atomic E-state index is -4.02. The van der Waals surface area contributed by atoms with Crippen LogP contribution in [0.1, 0.15) is 37.9 Å². The fourth-order valence-electron chi connectivity index (χ4n) is 5.86. The quantitative estimate of drug-likeness (QED) is 0.170. The topological polar surface area (TPSA) is 143 Å². The Morgan fingerprint density at radius 2 is 1.93 bits per heavy atom. The van der Waals surface area contributed by atoms with E-state index < -0.39 is 38.8 Å². The van der Waals surface area contributed by atoms with Crippen molar-refractivity contribution in [3.05, 3.63) is 65.4 Å². The van der Waals surface area contributed by atoms with Crippen LogP contribution in [0.3, 0.4) is 0 Å². The number of pyridine rings is 2. The van der Waals surface area contributed by atoms with Gasteiger partial charge in [0.1, 0.15) is 45.9 Å². The molecular weight excluding hydrogens is 618 g/mol. The van der Waals surface area contributed by atoms with Gasteiger partial charge in [0.25, 0.3) is 0 Å². The van der Waals surface area contributed by atoms with Crippen LogP contribution in [-0.4, -0.2) is 61.2 Å². The van der Waals surface area contributed by atoms with Gasteiger partial charge in [0, 0.05) is 30.7 Å². The number of rotatable bonds is 8. The van der Waals surface area contributed by atoms with Crippen LogP contribution < -0.4 is 20.1 Å². The maximum absolute atomic E-state index is 17.0. The first-order valence-electron chi connectivity index (χ1n) is 14.5. The molecule has 46 heavy (non-hydrogen) atoms. The first kappa shape index (κ1) is 31.3. The van der Waals surface area contributed by atoms with E-state index in [1.54, 1.807) is 55.3 Å². The number of nitrogen functional groups attached to an aromatic ring is 1. The summed E-state index contributed by atoms with van der Waals surface area (Å²) in [6.45, 7) is 5.58. The summed E-state index contributed by atoms with van der Waals surface area (Å²) in [7, 11) is -2.56. The SMILES string of the molecule is CCc1c(F)ccc2cc(OCOC)cc(-c3nc4c5c(nc(S(C)(=O)=O)nc5c3F)N(C(C)c3cccnc3N)C[C@H](C)O4)c12. The van der Waals surface area contributed by atoms with E-state index in [2.05, 4.69) is 19.9 Å². The predicted molar refractivity (Wildman–Crippen MR) is 170 cm³/mol. The molecule has 0 saturated carbocycles. The number of aromatic nitrogens is 4. The van der Waals surface area contributed by atoms with Gasteiger partial charge in [0.2, 0.25) is 20.9 Å². The van der Waals surface area contributed by atoms with E-state index in [1.165, 1.54) is 13.2 Å². The number of hydrogen-bond donors (Lipinski definition) is 1. The Labute approximate surface area is 264 Å². The third-order valence-corrected chi connectivity index (χ3v) is 8.81. The molecule has 11 nitrogen and oxygen atoms in total. The molecule has 2 atom stereocenters. The summed E-state index contributed by atoms with van der Waals surface area (Å²) < 4.78 is 75.0. The van der Waals surface area contributed by atoms with Crippen LogP contribution in [-0.2, 0) is 21.0 Å². The van der Waals surface area contributed by atoms with Gasteiger partial charge >= 0.3 is 0 Å². The third kappa shape index (κ3) is 5.41. The summed E-state index contributed by atoms with van der Waals surface area (Å²) in [5.41, 5.74) is 6.89. The van der Waals surface area contributed by atoms with Gasteiger partial charge in [0.15, 0.2) is 12.6 Å². The van der Waals surface area contributed by atoms with Gasteiger partial charge in [0.05, 0.1) is 12.6 Å². The molecule has 2 N–H and O–H groups in total. The summed E-state index contributed by atoms with van der Waals surface area (Å²) in [5.74, 6) is -0.685. The Balaban J connectivity index is 1.70. The lowest BCUT2D eigenvalue weighted by molar-refractivity contribution is 0.0512. The molecule has 0 aliphatic carbocycles. The van der Waals surface area contributed by atoms with Gasteiger partial charge in [-0.25, -0.2) is 37.1 Å². The molecule has 0 spiro atoms. The highest BCUT2D eigenvalue weighted by atomic mass is 32.2. The number of halogens is 2. The average molecular weight is 651 g/mol. The molecule has 0 saturated heterocycles. The highest BCUT2D eigenvalue weighted by Crippen LogP contribution is 2.44. The van der Waals surface area contributed by atoms with E-state index in [9.17, 15) is 8.42 Å². The van der Waals surface area contributed by atoms with Crippen molar-refractivity contribution in [2.45, 2.75) is 44.5 Å². The van der Waals surface area contributed by atoms with Crippen molar-refractivity contribution in [1.29, 1.82) is 0 Å². The highest BCUT2D eigenvalue weighted by Gasteiger charge is 2.34. The Hall–Kier alpha value is -4.69. The Bertz CT molecular complexity index is 2110. The fraction of sp³-hybridized carbons (Fsp3) is 0.312. The second-order valence-electron chi connectivity index (χ2n) is 11.1. The smallest absolute Gasteiger partial charge is 0.249 e. The van der Waals surface area contributed by atoms with Gasteiger partial charge in [-0.3, -0.25) is 0 Å². The van der Waals surface area contributed by atoms with Crippen LogP contribution in [0.25, 0.3) is 32.9 Å². The zero-order valence-electron chi connectivity index (χ0n) is 25.8. The fourth-order valence-corrected chi connectivity index (χ4v) is 6.37. The number of fused-ring (bicyclic) bond motifs is 1. The Morgan fingerprint density at radius 3 is 2.63 bits per heavy atom. The van der Waals surface area contributed by atoms with Crippen molar-refractivity contribution in [2.24, 2.45) is 0 Å². The van der Waals surface area contributed by atoms with Gasteiger partial charge in [-0.15, -0.1) is 0 Å². The molecule has 0 radical (unpaired) electrons. The van der Waals surface area contributed by atoms with Gasteiger partial charge in [-0.05, 0) is 60.9 Å². The zero-order chi connectivity index (χ0) is 32.9. The maximum atomic E-state index is 17.0. The van der Waals surface area contributed by atoms with Crippen molar-refractivity contribution in [3.63, 3.8) is 0 Å². The number of benzene rings is 2. The normalized spacial score (nSPS) is 15.5.